The smallest absolute Gasteiger partial charge is 0.345 e. The van der Waals surface area contributed by atoms with Crippen LogP contribution >= 0.6 is 22.9 Å². The largest absolute Gasteiger partial charge is 0.384 e. The number of hydrogen-bond donors (Lipinski definition) is 2. The van der Waals surface area contributed by atoms with E-state index >= 15 is 0 Å². The highest BCUT2D eigenvalue weighted by molar-refractivity contribution is 7.18. The number of nitro groups is 1. The van der Waals surface area contributed by atoms with E-state index < -0.39 is 4.92 Å². The van der Waals surface area contributed by atoms with Crippen LogP contribution in [0.3, 0.4) is 0 Å². The summed E-state index contributed by atoms with van der Waals surface area (Å²) in [5, 5.41) is 19.5. The third kappa shape index (κ3) is 4.55. The van der Waals surface area contributed by atoms with Gasteiger partial charge in [0.2, 0.25) is 0 Å². The first-order chi connectivity index (χ1) is 12.1. The average molecular weight is 378 g/mol. The van der Waals surface area contributed by atoms with Gasteiger partial charge in [-0.25, -0.2) is 4.98 Å². The van der Waals surface area contributed by atoms with Crippen molar-refractivity contribution in [2.75, 3.05) is 23.7 Å². The van der Waals surface area contributed by atoms with Crippen LogP contribution in [-0.2, 0) is 0 Å². The van der Waals surface area contributed by atoms with Crippen molar-refractivity contribution in [2.24, 2.45) is 0 Å². The van der Waals surface area contributed by atoms with Gasteiger partial charge >= 0.3 is 5.00 Å². The molecule has 0 saturated carbocycles. The van der Waals surface area contributed by atoms with Crippen molar-refractivity contribution in [3.63, 3.8) is 0 Å². The van der Waals surface area contributed by atoms with Crippen LogP contribution in [0.1, 0.15) is 12.8 Å². The van der Waals surface area contributed by atoms with Gasteiger partial charge in [0.1, 0.15) is 6.20 Å². The molecule has 0 aliphatic carbocycles. The van der Waals surface area contributed by atoms with Crippen LogP contribution in [0.5, 0.6) is 0 Å². The number of nitrogens with zero attached hydrogens (tertiary/aromatic N) is 3. The summed E-state index contributed by atoms with van der Waals surface area (Å²) in [6.07, 6.45) is 4.92. The Labute approximate surface area is 153 Å². The van der Waals surface area contributed by atoms with Gasteiger partial charge in [-0.2, -0.15) is 0 Å². The summed E-state index contributed by atoms with van der Waals surface area (Å²) in [5.41, 5.74) is 1.90. The van der Waals surface area contributed by atoms with Crippen LogP contribution in [0.2, 0.25) is 5.02 Å². The second kappa shape index (κ2) is 8.09. The normalized spacial score (nSPS) is 10.8. The quantitative estimate of drug-likeness (QED) is 0.339. The van der Waals surface area contributed by atoms with Crippen LogP contribution < -0.4 is 10.6 Å². The zero-order valence-corrected chi connectivity index (χ0v) is 14.8. The van der Waals surface area contributed by atoms with Gasteiger partial charge in [-0.15, -0.1) is 0 Å². The van der Waals surface area contributed by atoms with Gasteiger partial charge in [0.25, 0.3) is 0 Å². The van der Waals surface area contributed by atoms with E-state index in [0.29, 0.717) is 10.2 Å². The molecule has 130 valence electrons. The van der Waals surface area contributed by atoms with Crippen LogP contribution in [0.4, 0.5) is 15.8 Å². The molecule has 0 fully saturated rings. The number of rotatable bonds is 8. The first-order valence-corrected chi connectivity index (χ1v) is 8.95. The first kappa shape index (κ1) is 17.4. The molecule has 0 atom stereocenters. The Morgan fingerprint density at radius 2 is 1.96 bits per heavy atom. The lowest BCUT2D eigenvalue weighted by Gasteiger charge is -2.09. The van der Waals surface area contributed by atoms with Gasteiger partial charge in [-0.05, 0) is 48.4 Å². The molecule has 0 aliphatic heterocycles. The van der Waals surface area contributed by atoms with Gasteiger partial charge < -0.3 is 10.6 Å². The SMILES string of the molecule is O=[N+]([O-])c1cnc(NCCCCNc2ccnc3cc(Cl)ccc23)s1. The molecule has 9 heteroatoms. The van der Waals surface area contributed by atoms with Gasteiger partial charge in [0, 0.05) is 35.4 Å². The van der Waals surface area contributed by atoms with Crippen LogP contribution in [-0.4, -0.2) is 28.0 Å². The number of unbranched alkanes of at least 4 members (excludes halogenated alkanes) is 1. The lowest BCUT2D eigenvalue weighted by atomic mass is 10.2. The molecule has 25 heavy (non-hydrogen) atoms. The number of anilines is 2. The Kier molecular flexibility index (Phi) is 5.62. The summed E-state index contributed by atoms with van der Waals surface area (Å²) >= 11 is 7.04. The predicted molar refractivity (Wildman–Crippen MR) is 102 cm³/mol. The predicted octanol–water partition coefficient (Wildman–Crippen LogP) is 4.56. The monoisotopic (exact) mass is 377 g/mol. The number of fused-ring (bicyclic) bond motifs is 1. The minimum absolute atomic E-state index is 0.0498. The molecule has 2 N–H and O–H groups in total. The van der Waals surface area contributed by atoms with E-state index in [4.69, 9.17) is 11.6 Å². The van der Waals surface area contributed by atoms with Crippen molar-refractivity contribution in [3.8, 4) is 0 Å². The molecule has 2 aromatic heterocycles. The molecule has 3 rings (SSSR count). The van der Waals surface area contributed by atoms with E-state index in [1.807, 2.05) is 24.3 Å². The number of thiazole rings is 1. The second-order valence-electron chi connectivity index (χ2n) is 5.34. The minimum Gasteiger partial charge on any atom is -0.384 e. The number of halogens is 1. The van der Waals surface area contributed by atoms with E-state index in [0.717, 1.165) is 53.9 Å². The van der Waals surface area contributed by atoms with Crippen LogP contribution in [0.25, 0.3) is 10.9 Å². The fourth-order valence-electron chi connectivity index (χ4n) is 2.38. The molecular weight excluding hydrogens is 362 g/mol. The van der Waals surface area contributed by atoms with E-state index in [1.165, 1.54) is 6.20 Å². The van der Waals surface area contributed by atoms with Crippen LogP contribution in [0, 0.1) is 10.1 Å². The maximum atomic E-state index is 10.6. The van der Waals surface area contributed by atoms with Crippen molar-refractivity contribution in [3.05, 3.63) is 51.8 Å². The highest BCUT2D eigenvalue weighted by Crippen LogP contribution is 2.25. The second-order valence-corrected chi connectivity index (χ2v) is 6.79. The average Bonchev–Trinajstić information content (AvgIpc) is 3.07. The number of hydrogen-bond acceptors (Lipinski definition) is 7. The van der Waals surface area contributed by atoms with Crippen molar-refractivity contribution in [1.82, 2.24) is 9.97 Å². The lowest BCUT2D eigenvalue weighted by Crippen LogP contribution is -2.06. The molecule has 0 bridgehead atoms. The maximum Gasteiger partial charge on any atom is 0.345 e. The molecule has 1 aromatic carbocycles. The lowest BCUT2D eigenvalue weighted by molar-refractivity contribution is -0.380. The van der Waals surface area contributed by atoms with E-state index in [1.54, 1.807) is 6.20 Å². The molecule has 2 heterocycles. The summed E-state index contributed by atoms with van der Waals surface area (Å²) in [5.74, 6) is 0. The molecule has 0 spiro atoms. The summed E-state index contributed by atoms with van der Waals surface area (Å²) in [7, 11) is 0. The Bertz CT molecular complexity index is 886. The Hall–Kier alpha value is -2.45. The number of nitrogens with one attached hydrogen (secondary N) is 2. The number of benzene rings is 1. The molecule has 7 nitrogen and oxygen atoms in total. The minimum atomic E-state index is -0.432. The highest BCUT2D eigenvalue weighted by atomic mass is 35.5. The maximum absolute atomic E-state index is 10.6. The zero-order valence-electron chi connectivity index (χ0n) is 13.2. The van der Waals surface area contributed by atoms with Gasteiger partial charge in [0.15, 0.2) is 5.13 Å². The Morgan fingerprint density at radius 3 is 2.72 bits per heavy atom. The Balaban J connectivity index is 1.43. The first-order valence-electron chi connectivity index (χ1n) is 7.76. The highest BCUT2D eigenvalue weighted by Gasteiger charge is 2.10. The third-order valence-corrected chi connectivity index (χ3v) is 4.72. The topological polar surface area (TPSA) is 93.0 Å². The number of aromatic nitrogens is 2. The molecular formula is C16H16ClN5O2S. The van der Waals surface area contributed by atoms with Gasteiger partial charge in [-0.1, -0.05) is 11.6 Å². The van der Waals surface area contributed by atoms with E-state index in [2.05, 4.69) is 20.6 Å². The number of pyridine rings is 1. The Morgan fingerprint density at radius 1 is 1.16 bits per heavy atom. The van der Waals surface area contributed by atoms with Crippen molar-refractivity contribution in [1.29, 1.82) is 0 Å². The summed E-state index contributed by atoms with van der Waals surface area (Å²) < 4.78 is 0. The third-order valence-electron chi connectivity index (χ3n) is 3.57. The zero-order chi connectivity index (χ0) is 17.6. The molecule has 0 aliphatic rings. The van der Waals surface area contributed by atoms with E-state index in [9.17, 15) is 10.1 Å². The fourth-order valence-corrected chi connectivity index (χ4v) is 3.20. The van der Waals surface area contributed by atoms with Crippen molar-refractivity contribution >= 4 is 49.7 Å². The fraction of sp³-hybridized carbons (Fsp3) is 0.250. The molecule has 0 saturated heterocycles. The van der Waals surface area contributed by atoms with Crippen molar-refractivity contribution < 1.29 is 4.92 Å². The summed E-state index contributed by atoms with van der Waals surface area (Å²) in [6, 6.07) is 7.61. The molecule has 0 amide bonds. The standard InChI is InChI=1S/C16H16ClN5O2S/c17-11-3-4-12-13(5-8-19-14(12)9-11)18-6-1-2-7-20-16-21-10-15(25-16)22(23)24/h3-5,8-10H,1-2,6-7H2,(H,18,19)(H,20,21). The van der Waals surface area contributed by atoms with E-state index in [-0.39, 0.29) is 5.00 Å². The summed E-state index contributed by atoms with van der Waals surface area (Å²) in [4.78, 5) is 18.5. The molecule has 3 aromatic rings. The molecule has 0 radical (unpaired) electrons. The van der Waals surface area contributed by atoms with Crippen LogP contribution in [0.15, 0.2) is 36.7 Å². The summed E-state index contributed by atoms with van der Waals surface area (Å²) in [6.45, 7) is 1.54. The van der Waals surface area contributed by atoms with Gasteiger partial charge in [0.05, 0.1) is 10.4 Å². The van der Waals surface area contributed by atoms with Crippen molar-refractivity contribution in [2.45, 2.75) is 12.8 Å². The van der Waals surface area contributed by atoms with Gasteiger partial charge in [-0.3, -0.25) is 15.1 Å². The molecule has 0 unspecified atom stereocenters.